The van der Waals surface area contributed by atoms with Crippen LogP contribution in [-0.4, -0.2) is 35.7 Å². The van der Waals surface area contributed by atoms with Crippen LogP contribution >= 0.6 is 22.9 Å². The Bertz CT molecular complexity index is 767. The highest BCUT2D eigenvalue weighted by Crippen LogP contribution is 2.30. The fourth-order valence-corrected chi connectivity index (χ4v) is 4.22. The first-order chi connectivity index (χ1) is 11.5. The number of carbonyl (C=O) groups excluding carboxylic acids is 1. The van der Waals surface area contributed by atoms with Crippen molar-refractivity contribution in [2.45, 2.75) is 31.2 Å². The number of carboxylic acid groups (broad SMARTS) is 1. The molecule has 0 unspecified atom stereocenters. The van der Waals surface area contributed by atoms with E-state index in [-0.39, 0.29) is 18.7 Å². The third kappa shape index (κ3) is 3.88. The van der Waals surface area contributed by atoms with Crippen molar-refractivity contribution in [1.29, 1.82) is 0 Å². The van der Waals surface area contributed by atoms with E-state index < -0.39 is 11.5 Å². The van der Waals surface area contributed by atoms with Crippen LogP contribution in [-0.2, 0) is 20.7 Å². The van der Waals surface area contributed by atoms with Crippen LogP contribution < -0.4 is 5.32 Å². The highest BCUT2D eigenvalue weighted by atomic mass is 35.5. The molecule has 1 amide bonds. The first kappa shape index (κ1) is 17.2. The first-order valence-corrected chi connectivity index (χ1v) is 8.99. The summed E-state index contributed by atoms with van der Waals surface area (Å²) in [4.78, 5) is 23.7. The molecule has 0 aliphatic carbocycles. The Hall–Kier alpha value is -1.63. The summed E-state index contributed by atoms with van der Waals surface area (Å²) in [5.41, 5.74) is 0.192. The predicted octanol–water partition coefficient (Wildman–Crippen LogP) is 3.24. The number of carboxylic acids is 1. The monoisotopic (exact) mass is 367 g/mol. The van der Waals surface area contributed by atoms with Crippen LogP contribution in [0.15, 0.2) is 23.6 Å². The van der Waals surface area contributed by atoms with Gasteiger partial charge >= 0.3 is 5.97 Å². The molecule has 1 fully saturated rings. The lowest BCUT2D eigenvalue weighted by Gasteiger charge is -2.36. The Balaban J connectivity index is 1.75. The molecular formula is C17H18ClNO4S. The fraction of sp³-hybridized carbons (Fsp3) is 0.412. The van der Waals surface area contributed by atoms with Gasteiger partial charge in [0.2, 0.25) is 5.91 Å². The lowest BCUT2D eigenvalue weighted by Crippen LogP contribution is -2.53. The lowest BCUT2D eigenvalue weighted by molar-refractivity contribution is -0.140. The number of benzene rings is 1. The summed E-state index contributed by atoms with van der Waals surface area (Å²) in [7, 11) is 0. The normalized spacial score (nSPS) is 16.9. The van der Waals surface area contributed by atoms with E-state index in [0.29, 0.717) is 31.1 Å². The van der Waals surface area contributed by atoms with Crippen molar-refractivity contribution in [1.82, 2.24) is 5.32 Å². The largest absolute Gasteiger partial charge is 0.481 e. The summed E-state index contributed by atoms with van der Waals surface area (Å²) < 4.78 is 6.38. The number of nitrogens with one attached hydrogen (secondary N) is 1. The van der Waals surface area contributed by atoms with Crippen LogP contribution in [0, 0.1) is 0 Å². The number of thiophene rings is 1. The Kier molecular flexibility index (Phi) is 5.08. The molecule has 0 spiro atoms. The molecule has 24 heavy (non-hydrogen) atoms. The quantitative estimate of drug-likeness (QED) is 0.850. The maximum Gasteiger partial charge on any atom is 0.305 e. The standard InChI is InChI=1S/C17H18ClNO4S/c18-12-1-2-14-13(8-12)11(10-24-14)7-15(20)19-17(9-16(21)22)3-5-23-6-4-17/h1-2,8,10H,3-7,9H2,(H,19,20)(H,21,22). The zero-order valence-corrected chi connectivity index (χ0v) is 14.6. The minimum Gasteiger partial charge on any atom is -0.481 e. The minimum absolute atomic E-state index is 0.0850. The molecule has 3 rings (SSSR count). The van der Waals surface area contributed by atoms with Crippen LogP contribution in [0.3, 0.4) is 0 Å². The molecule has 1 aromatic carbocycles. The third-order valence-corrected chi connectivity index (χ3v) is 5.56. The molecule has 2 aromatic rings. The number of fused-ring (bicyclic) bond motifs is 1. The van der Waals surface area contributed by atoms with Crippen molar-refractivity contribution in [2.24, 2.45) is 0 Å². The van der Waals surface area contributed by atoms with E-state index in [0.717, 1.165) is 15.6 Å². The van der Waals surface area contributed by atoms with Gasteiger partial charge in [-0.1, -0.05) is 11.6 Å². The van der Waals surface area contributed by atoms with Gasteiger partial charge in [0.15, 0.2) is 0 Å². The molecule has 1 aliphatic rings. The maximum atomic E-state index is 12.5. The molecule has 128 valence electrons. The fourth-order valence-electron chi connectivity index (χ4n) is 3.10. The Morgan fingerprint density at radius 1 is 1.33 bits per heavy atom. The van der Waals surface area contributed by atoms with Gasteiger partial charge < -0.3 is 15.2 Å². The summed E-state index contributed by atoms with van der Waals surface area (Å²) in [6, 6.07) is 5.62. The topological polar surface area (TPSA) is 75.6 Å². The molecule has 0 radical (unpaired) electrons. The predicted molar refractivity (Wildman–Crippen MR) is 93.7 cm³/mol. The molecule has 5 nitrogen and oxygen atoms in total. The number of carbonyl (C=O) groups is 2. The summed E-state index contributed by atoms with van der Waals surface area (Å²) in [6.45, 7) is 0.926. The second-order valence-electron chi connectivity index (χ2n) is 6.09. The molecule has 7 heteroatoms. The van der Waals surface area contributed by atoms with E-state index in [4.69, 9.17) is 21.4 Å². The lowest BCUT2D eigenvalue weighted by atomic mass is 9.86. The number of ether oxygens (including phenoxy) is 1. The highest BCUT2D eigenvalue weighted by Gasteiger charge is 2.36. The maximum absolute atomic E-state index is 12.5. The number of hydrogen-bond donors (Lipinski definition) is 2. The van der Waals surface area contributed by atoms with Gasteiger partial charge in [0.25, 0.3) is 0 Å². The van der Waals surface area contributed by atoms with Gasteiger partial charge in [-0.3, -0.25) is 9.59 Å². The van der Waals surface area contributed by atoms with Crippen molar-refractivity contribution in [2.75, 3.05) is 13.2 Å². The molecule has 1 aliphatic heterocycles. The average Bonchev–Trinajstić information content (AvgIpc) is 2.89. The van der Waals surface area contributed by atoms with Crippen molar-refractivity contribution in [3.05, 3.63) is 34.2 Å². The Morgan fingerprint density at radius 3 is 2.79 bits per heavy atom. The molecular weight excluding hydrogens is 350 g/mol. The summed E-state index contributed by atoms with van der Waals surface area (Å²) in [5.74, 6) is -1.08. The zero-order valence-electron chi connectivity index (χ0n) is 13.0. The number of amides is 1. The van der Waals surface area contributed by atoms with E-state index in [1.165, 1.54) is 0 Å². The van der Waals surface area contributed by atoms with E-state index in [2.05, 4.69) is 5.32 Å². The van der Waals surface area contributed by atoms with Crippen LogP contribution in [0.1, 0.15) is 24.8 Å². The number of aliphatic carboxylic acids is 1. The second-order valence-corrected chi connectivity index (χ2v) is 7.44. The molecule has 1 aromatic heterocycles. The van der Waals surface area contributed by atoms with Crippen molar-refractivity contribution in [3.8, 4) is 0 Å². The Labute approximate surface area is 148 Å². The van der Waals surface area contributed by atoms with Crippen LogP contribution in [0.25, 0.3) is 10.1 Å². The SMILES string of the molecule is O=C(O)CC1(NC(=O)Cc2csc3ccc(Cl)cc23)CCOCC1. The van der Waals surface area contributed by atoms with Crippen LogP contribution in [0.2, 0.25) is 5.02 Å². The number of halogens is 1. The zero-order chi connectivity index (χ0) is 17.2. The van der Waals surface area contributed by atoms with Crippen molar-refractivity contribution in [3.63, 3.8) is 0 Å². The molecule has 0 bridgehead atoms. The third-order valence-electron chi connectivity index (χ3n) is 4.31. The van der Waals surface area contributed by atoms with Crippen molar-refractivity contribution >= 4 is 44.9 Å². The number of rotatable bonds is 5. The average molecular weight is 368 g/mol. The van der Waals surface area contributed by atoms with Gasteiger partial charge in [0.05, 0.1) is 18.4 Å². The van der Waals surface area contributed by atoms with E-state index in [1.54, 1.807) is 11.3 Å². The van der Waals surface area contributed by atoms with Gasteiger partial charge in [-0.25, -0.2) is 0 Å². The second kappa shape index (κ2) is 7.09. The first-order valence-electron chi connectivity index (χ1n) is 7.74. The van der Waals surface area contributed by atoms with Gasteiger partial charge in [0.1, 0.15) is 0 Å². The van der Waals surface area contributed by atoms with Gasteiger partial charge in [-0.2, -0.15) is 0 Å². The van der Waals surface area contributed by atoms with Gasteiger partial charge in [-0.15, -0.1) is 11.3 Å². The summed E-state index contributed by atoms with van der Waals surface area (Å²) >= 11 is 7.61. The van der Waals surface area contributed by atoms with Crippen LogP contribution in [0.5, 0.6) is 0 Å². The molecule has 2 N–H and O–H groups in total. The van der Waals surface area contributed by atoms with E-state index in [9.17, 15) is 9.59 Å². The summed E-state index contributed by atoms with van der Waals surface area (Å²) in [6.07, 6.45) is 1.16. The number of hydrogen-bond acceptors (Lipinski definition) is 4. The van der Waals surface area contributed by atoms with Gasteiger partial charge in [0, 0.05) is 22.9 Å². The van der Waals surface area contributed by atoms with E-state index in [1.807, 2.05) is 23.6 Å². The van der Waals surface area contributed by atoms with Crippen molar-refractivity contribution < 1.29 is 19.4 Å². The minimum atomic E-state index is -0.912. The molecule has 1 saturated heterocycles. The molecule has 0 atom stereocenters. The molecule has 0 saturated carbocycles. The summed E-state index contributed by atoms with van der Waals surface area (Å²) in [5, 5.41) is 15.7. The van der Waals surface area contributed by atoms with Gasteiger partial charge in [-0.05, 0) is 47.4 Å². The molecule has 2 heterocycles. The highest BCUT2D eigenvalue weighted by molar-refractivity contribution is 7.17. The van der Waals surface area contributed by atoms with E-state index >= 15 is 0 Å². The van der Waals surface area contributed by atoms with Crippen LogP contribution in [0.4, 0.5) is 0 Å². The smallest absolute Gasteiger partial charge is 0.305 e. The Morgan fingerprint density at radius 2 is 2.08 bits per heavy atom.